The summed E-state index contributed by atoms with van der Waals surface area (Å²) in [5.74, 6) is 0. The average Bonchev–Trinajstić information content (AvgIpc) is 1.69. The number of hydrogen-bond donors (Lipinski definition) is 0. The smallest absolute Gasteiger partial charge is 0.220 e. The Labute approximate surface area is 41.1 Å². The predicted octanol–water partition coefficient (Wildman–Crippen LogP) is 0.428. The van der Waals surface area contributed by atoms with Crippen molar-refractivity contribution >= 4 is 0 Å². The van der Waals surface area contributed by atoms with Crippen LogP contribution in [0.3, 0.4) is 0 Å². The lowest BCUT2D eigenvalue weighted by Gasteiger charge is -1.90. The number of hydrogen-bond acceptors (Lipinski definition) is 2. The maximum atomic E-state index is 10.1. The number of rotatable bonds is 0. The minimum Gasteiger partial charge on any atom is -0.220 e. The van der Waals surface area contributed by atoms with Crippen molar-refractivity contribution in [3.8, 4) is 0 Å². The van der Waals surface area contributed by atoms with Gasteiger partial charge in [-0.05, 0) is 12.2 Å². The van der Waals surface area contributed by atoms with Crippen LogP contribution in [0.1, 0.15) is 0 Å². The molecule has 0 saturated heterocycles. The van der Waals surface area contributed by atoms with E-state index in [4.69, 9.17) is 0 Å². The molecule has 0 atom stereocenters. The van der Waals surface area contributed by atoms with E-state index in [1.54, 1.807) is 12.2 Å². The van der Waals surface area contributed by atoms with Crippen LogP contribution in [0.5, 0.6) is 0 Å². The van der Waals surface area contributed by atoms with Gasteiger partial charge in [0.05, 0.1) is 4.91 Å². The van der Waals surface area contributed by atoms with Gasteiger partial charge in [0, 0.05) is 0 Å². The van der Waals surface area contributed by atoms with Crippen LogP contribution in [-0.2, 0) is 4.84 Å². The van der Waals surface area contributed by atoms with Gasteiger partial charge in [0.15, 0.2) is 0 Å². The summed E-state index contributed by atoms with van der Waals surface area (Å²) >= 11 is 0. The molecular weight excluding hydrogens is 94.0 g/mol. The molecule has 0 aromatic carbocycles. The minimum atomic E-state index is 0.330. The minimum absolute atomic E-state index is 0.330. The molecule has 0 aliphatic carbocycles. The summed E-state index contributed by atoms with van der Waals surface area (Å²) in [7, 11) is 0. The van der Waals surface area contributed by atoms with E-state index in [0.29, 0.717) is 11.5 Å². The van der Waals surface area contributed by atoms with Gasteiger partial charge in [-0.3, -0.25) is 0 Å². The van der Waals surface area contributed by atoms with E-state index < -0.39 is 0 Å². The van der Waals surface area contributed by atoms with Crippen LogP contribution >= 0.6 is 0 Å². The first-order valence-electron chi connectivity index (χ1n) is 1.99. The summed E-state index contributed by atoms with van der Waals surface area (Å²) in [6.07, 6.45) is 3.41. The molecule has 0 aromatic heterocycles. The zero-order valence-corrected chi connectivity index (χ0v) is 3.70. The first-order valence-corrected chi connectivity index (χ1v) is 1.99. The van der Waals surface area contributed by atoms with Gasteiger partial charge in [0.1, 0.15) is 0 Å². The molecule has 37 valence electrons. The lowest BCUT2D eigenvalue weighted by molar-refractivity contribution is -0.787. The Morgan fingerprint density at radius 1 is 1.71 bits per heavy atom. The zero-order chi connectivity index (χ0) is 5.11. The van der Waals surface area contributed by atoms with Gasteiger partial charge in [-0.15, -0.1) is 0 Å². The van der Waals surface area contributed by atoms with Gasteiger partial charge in [0.25, 0.3) is 6.54 Å². The van der Waals surface area contributed by atoms with Gasteiger partial charge < -0.3 is 0 Å². The Morgan fingerprint density at radius 3 is 2.86 bits per heavy atom. The van der Waals surface area contributed by atoms with Crippen LogP contribution in [0.4, 0.5) is 0 Å². The van der Waals surface area contributed by atoms with Gasteiger partial charge in [-0.1, -0.05) is 0 Å². The third-order valence-corrected chi connectivity index (χ3v) is 0.648. The highest BCUT2D eigenvalue weighted by Gasteiger charge is 2.08. The summed E-state index contributed by atoms with van der Waals surface area (Å²) in [5.41, 5.74) is 0. The largest absolute Gasteiger partial charge is 0.266 e. The summed E-state index contributed by atoms with van der Waals surface area (Å²) in [4.78, 5) is 14.9. The Balaban J connectivity index is 2.47. The Bertz CT molecular complexity index is 108. The molecule has 0 N–H and O–H groups in total. The second kappa shape index (κ2) is 1.73. The van der Waals surface area contributed by atoms with Crippen molar-refractivity contribution in [2.24, 2.45) is 0 Å². The summed E-state index contributed by atoms with van der Waals surface area (Å²) in [6.45, 7) is 1.67. The maximum absolute atomic E-state index is 10.1. The molecule has 1 heterocycles. The Kier molecular flexibility index (Phi) is 1.06. The molecule has 3 nitrogen and oxygen atoms in total. The molecule has 1 rings (SSSR count). The number of nitrogens with zero attached hydrogens (tertiary/aromatic N) is 1. The van der Waals surface area contributed by atoms with Crippen LogP contribution in [0, 0.1) is 11.5 Å². The Morgan fingerprint density at radius 2 is 2.57 bits per heavy atom. The van der Waals surface area contributed by atoms with E-state index >= 15 is 0 Å². The Hall–Kier alpha value is -0.860. The van der Waals surface area contributed by atoms with Crippen molar-refractivity contribution in [2.75, 3.05) is 6.54 Å². The van der Waals surface area contributed by atoms with Crippen LogP contribution in [-0.4, -0.2) is 11.5 Å². The van der Waals surface area contributed by atoms with E-state index in [9.17, 15) is 4.91 Å². The van der Waals surface area contributed by atoms with Crippen molar-refractivity contribution < 1.29 is 9.76 Å². The molecule has 0 saturated carbocycles. The molecular formula is C4H5NO2+. The molecule has 0 unspecified atom stereocenters. The highest BCUT2D eigenvalue weighted by atomic mass is 16.8. The van der Waals surface area contributed by atoms with E-state index in [-0.39, 0.29) is 0 Å². The molecule has 0 fully saturated rings. The fourth-order valence-electron chi connectivity index (χ4n) is 0.349. The molecule has 0 amide bonds. The van der Waals surface area contributed by atoms with Crippen LogP contribution in [0.25, 0.3) is 0 Å². The second-order valence-electron chi connectivity index (χ2n) is 1.18. The fourth-order valence-corrected chi connectivity index (χ4v) is 0.349. The van der Waals surface area contributed by atoms with Gasteiger partial charge in [0.2, 0.25) is 11.5 Å². The SMILES string of the molecule is O=[N+]1CC=C[CH]O1. The van der Waals surface area contributed by atoms with Crippen molar-refractivity contribution in [1.82, 2.24) is 0 Å². The van der Waals surface area contributed by atoms with E-state index in [2.05, 4.69) is 4.84 Å². The van der Waals surface area contributed by atoms with Crippen LogP contribution in [0.15, 0.2) is 12.2 Å². The average molecular weight is 99.1 g/mol. The highest BCUT2D eigenvalue weighted by Crippen LogP contribution is 1.92. The van der Waals surface area contributed by atoms with Gasteiger partial charge in [-0.2, -0.15) is 0 Å². The standard InChI is InChI=1S/C4H5NO2/c6-5-3-1-2-4-7-5/h1-2,4H,3H2/q+1. The van der Waals surface area contributed by atoms with E-state index in [0.717, 1.165) is 0 Å². The van der Waals surface area contributed by atoms with Crippen molar-refractivity contribution in [3.63, 3.8) is 0 Å². The third kappa shape index (κ3) is 0.994. The van der Waals surface area contributed by atoms with Crippen molar-refractivity contribution in [2.45, 2.75) is 0 Å². The zero-order valence-electron chi connectivity index (χ0n) is 3.70. The highest BCUT2D eigenvalue weighted by molar-refractivity contribution is 4.89. The normalized spacial score (nSPS) is 19.1. The quantitative estimate of drug-likeness (QED) is 0.440. The molecule has 3 heteroatoms. The first-order chi connectivity index (χ1) is 3.39. The topological polar surface area (TPSA) is 29.3 Å². The van der Waals surface area contributed by atoms with Crippen molar-refractivity contribution in [3.05, 3.63) is 23.7 Å². The summed E-state index contributed by atoms with van der Waals surface area (Å²) in [5, 5.41) is 0. The molecule has 0 bridgehead atoms. The first kappa shape index (κ1) is 4.30. The molecule has 1 aliphatic heterocycles. The fraction of sp³-hybridized carbons (Fsp3) is 0.250. The van der Waals surface area contributed by atoms with E-state index in [1.807, 2.05) is 0 Å². The predicted molar refractivity (Wildman–Crippen MR) is 23.0 cm³/mol. The molecule has 0 aromatic rings. The van der Waals surface area contributed by atoms with Crippen LogP contribution in [0.2, 0.25) is 0 Å². The monoisotopic (exact) mass is 99.0 g/mol. The lowest BCUT2D eigenvalue weighted by Crippen LogP contribution is -2.09. The molecule has 7 heavy (non-hydrogen) atoms. The van der Waals surface area contributed by atoms with Crippen molar-refractivity contribution in [1.29, 1.82) is 0 Å². The summed E-state index contributed by atoms with van der Waals surface area (Å²) in [6, 6.07) is 0. The molecule has 1 radical (unpaired) electrons. The maximum Gasteiger partial charge on any atom is 0.266 e. The lowest BCUT2D eigenvalue weighted by atomic mass is 10.5. The molecule has 0 spiro atoms. The van der Waals surface area contributed by atoms with Gasteiger partial charge in [-0.25, -0.2) is 4.84 Å². The third-order valence-electron chi connectivity index (χ3n) is 0.648. The second-order valence-corrected chi connectivity index (χ2v) is 1.18. The van der Waals surface area contributed by atoms with E-state index in [1.165, 1.54) is 6.61 Å². The van der Waals surface area contributed by atoms with Gasteiger partial charge >= 0.3 is 0 Å². The van der Waals surface area contributed by atoms with Crippen LogP contribution < -0.4 is 0 Å². The summed E-state index contributed by atoms with van der Waals surface area (Å²) < 4.78 is 0. The molecule has 1 aliphatic rings.